The van der Waals surface area contributed by atoms with Crippen molar-refractivity contribution >= 4 is 39.4 Å². The fourth-order valence-electron chi connectivity index (χ4n) is 2.85. The second-order valence-electron chi connectivity index (χ2n) is 6.64. The largest absolute Gasteiger partial charge is 0.466 e. The lowest BCUT2D eigenvalue weighted by atomic mass is 10.3. The zero-order chi connectivity index (χ0) is 22.4. The first-order chi connectivity index (χ1) is 14.9. The summed E-state index contributed by atoms with van der Waals surface area (Å²) in [4.78, 5) is 36.5. The summed E-state index contributed by atoms with van der Waals surface area (Å²) in [7, 11) is 0. The van der Waals surface area contributed by atoms with Crippen molar-refractivity contribution in [2.75, 3.05) is 19.8 Å². The van der Waals surface area contributed by atoms with Crippen molar-refractivity contribution in [1.29, 1.82) is 0 Å². The standard InChI is InChI=1S/C21H22FN3O5S/c1-3-29-19(27)5-4-10-23-18(26)12-30-21(28)17-11-16-13(2)24-25(20(16)31-17)15-8-6-14(22)7-9-15/h6-9,11H,3-5,10,12H2,1-2H3,(H,23,26). The first-order valence-corrected chi connectivity index (χ1v) is 10.5. The van der Waals surface area contributed by atoms with Gasteiger partial charge in [-0.05, 0) is 50.6 Å². The molecule has 1 N–H and O–H groups in total. The fraction of sp³-hybridized carbons (Fsp3) is 0.333. The van der Waals surface area contributed by atoms with Crippen LogP contribution < -0.4 is 5.32 Å². The number of thiophene rings is 1. The molecule has 2 aromatic heterocycles. The summed E-state index contributed by atoms with van der Waals surface area (Å²) in [6.07, 6.45) is 0.647. The molecule has 0 saturated carbocycles. The summed E-state index contributed by atoms with van der Waals surface area (Å²) in [6, 6.07) is 7.55. The molecule has 0 aliphatic rings. The minimum absolute atomic E-state index is 0.208. The summed E-state index contributed by atoms with van der Waals surface area (Å²) < 4.78 is 24.7. The van der Waals surface area contributed by atoms with E-state index in [0.717, 1.165) is 10.2 Å². The Morgan fingerprint density at radius 1 is 1.19 bits per heavy atom. The van der Waals surface area contributed by atoms with Crippen LogP contribution >= 0.6 is 11.3 Å². The molecule has 0 aliphatic carbocycles. The number of fused-ring (bicyclic) bond motifs is 1. The lowest BCUT2D eigenvalue weighted by Gasteiger charge is -2.06. The molecule has 3 aromatic rings. The van der Waals surface area contributed by atoms with Gasteiger partial charge in [0.05, 0.1) is 18.0 Å². The highest BCUT2D eigenvalue weighted by molar-refractivity contribution is 7.20. The summed E-state index contributed by atoms with van der Waals surface area (Å²) in [6.45, 7) is 3.72. The molecule has 1 amide bonds. The SMILES string of the molecule is CCOC(=O)CCCNC(=O)COC(=O)c1cc2c(C)nn(-c3ccc(F)cc3)c2s1. The maximum absolute atomic E-state index is 13.2. The molecule has 0 unspecified atom stereocenters. The Morgan fingerprint density at radius 3 is 2.65 bits per heavy atom. The lowest BCUT2D eigenvalue weighted by Crippen LogP contribution is -2.29. The molecule has 164 valence electrons. The van der Waals surface area contributed by atoms with Crippen LogP contribution in [0.1, 0.15) is 35.1 Å². The van der Waals surface area contributed by atoms with Gasteiger partial charge >= 0.3 is 11.9 Å². The fourth-order valence-corrected chi connectivity index (χ4v) is 3.93. The maximum atomic E-state index is 13.2. The minimum atomic E-state index is -0.618. The number of hydrogen-bond acceptors (Lipinski definition) is 7. The molecule has 0 saturated heterocycles. The Hall–Kier alpha value is -3.27. The van der Waals surface area contributed by atoms with E-state index < -0.39 is 18.5 Å². The number of aromatic nitrogens is 2. The molecule has 31 heavy (non-hydrogen) atoms. The lowest BCUT2D eigenvalue weighted by molar-refractivity contribution is -0.143. The minimum Gasteiger partial charge on any atom is -0.466 e. The predicted octanol–water partition coefficient (Wildman–Crippen LogP) is 3.15. The van der Waals surface area contributed by atoms with E-state index in [1.54, 1.807) is 29.8 Å². The highest BCUT2D eigenvalue weighted by Crippen LogP contribution is 2.30. The van der Waals surface area contributed by atoms with Crippen molar-refractivity contribution in [2.24, 2.45) is 0 Å². The molecule has 0 bridgehead atoms. The van der Waals surface area contributed by atoms with E-state index in [2.05, 4.69) is 10.4 Å². The van der Waals surface area contributed by atoms with Gasteiger partial charge in [0.15, 0.2) is 6.61 Å². The summed E-state index contributed by atoms with van der Waals surface area (Å²) in [5.41, 5.74) is 1.39. The molecule has 0 radical (unpaired) electrons. The van der Waals surface area contributed by atoms with E-state index in [1.165, 1.54) is 23.5 Å². The van der Waals surface area contributed by atoms with Crippen molar-refractivity contribution in [3.63, 3.8) is 0 Å². The quantitative estimate of drug-likeness (QED) is 0.400. The van der Waals surface area contributed by atoms with Crippen molar-refractivity contribution in [3.05, 3.63) is 46.7 Å². The number of halogens is 1. The number of ether oxygens (including phenoxy) is 2. The van der Waals surface area contributed by atoms with Gasteiger partial charge in [-0.1, -0.05) is 0 Å². The highest BCUT2D eigenvalue weighted by Gasteiger charge is 2.19. The van der Waals surface area contributed by atoms with E-state index in [9.17, 15) is 18.8 Å². The Balaban J connectivity index is 1.56. The topological polar surface area (TPSA) is 99.5 Å². The van der Waals surface area contributed by atoms with E-state index >= 15 is 0 Å². The molecule has 1 aromatic carbocycles. The molecular weight excluding hydrogens is 425 g/mol. The molecule has 8 nitrogen and oxygen atoms in total. The number of carbonyl (C=O) groups is 3. The number of amides is 1. The monoisotopic (exact) mass is 447 g/mol. The number of hydrogen-bond donors (Lipinski definition) is 1. The first-order valence-electron chi connectivity index (χ1n) is 9.73. The van der Waals surface area contributed by atoms with Crippen LogP contribution in [-0.2, 0) is 19.1 Å². The molecular formula is C21H22FN3O5S. The number of rotatable bonds is 9. The van der Waals surface area contributed by atoms with Gasteiger partial charge in [0, 0.05) is 18.4 Å². The molecule has 10 heteroatoms. The van der Waals surface area contributed by atoms with Crippen LogP contribution in [0, 0.1) is 12.7 Å². The smallest absolute Gasteiger partial charge is 0.348 e. The van der Waals surface area contributed by atoms with E-state index in [1.807, 2.05) is 6.92 Å². The molecule has 0 atom stereocenters. The number of benzene rings is 1. The van der Waals surface area contributed by atoms with Crippen molar-refractivity contribution in [2.45, 2.75) is 26.7 Å². The number of esters is 2. The average molecular weight is 447 g/mol. The van der Waals surface area contributed by atoms with Gasteiger partial charge in [0.1, 0.15) is 15.5 Å². The van der Waals surface area contributed by atoms with Crippen LogP contribution in [0.15, 0.2) is 30.3 Å². The second-order valence-corrected chi connectivity index (χ2v) is 7.67. The molecule has 2 heterocycles. The Kier molecular flexibility index (Phi) is 7.35. The zero-order valence-corrected chi connectivity index (χ0v) is 18.0. The number of carbonyl (C=O) groups excluding carboxylic acids is 3. The normalized spacial score (nSPS) is 10.8. The summed E-state index contributed by atoms with van der Waals surface area (Å²) in [5, 5.41) is 7.82. The van der Waals surface area contributed by atoms with Gasteiger partial charge in [-0.15, -0.1) is 11.3 Å². The van der Waals surface area contributed by atoms with Gasteiger partial charge in [-0.25, -0.2) is 13.9 Å². The van der Waals surface area contributed by atoms with Gasteiger partial charge in [0.2, 0.25) is 0 Å². The van der Waals surface area contributed by atoms with Crippen molar-refractivity contribution < 1.29 is 28.2 Å². The van der Waals surface area contributed by atoms with Crippen LogP contribution in [0.25, 0.3) is 15.9 Å². The third-order valence-corrected chi connectivity index (χ3v) is 5.43. The Morgan fingerprint density at radius 2 is 1.94 bits per heavy atom. The number of aryl methyl sites for hydroxylation is 1. The van der Waals surface area contributed by atoms with Crippen LogP contribution in [-0.4, -0.2) is 47.4 Å². The zero-order valence-electron chi connectivity index (χ0n) is 17.1. The van der Waals surface area contributed by atoms with Crippen LogP contribution in [0.2, 0.25) is 0 Å². The molecule has 0 spiro atoms. The third-order valence-electron chi connectivity index (χ3n) is 4.34. The van der Waals surface area contributed by atoms with Gasteiger partial charge < -0.3 is 14.8 Å². The molecule has 0 aliphatic heterocycles. The first kappa shape index (κ1) is 22.4. The second kappa shape index (κ2) is 10.2. The van der Waals surface area contributed by atoms with E-state index in [-0.39, 0.29) is 24.8 Å². The number of nitrogens with one attached hydrogen (secondary N) is 1. The van der Waals surface area contributed by atoms with Crippen molar-refractivity contribution in [3.8, 4) is 5.69 Å². The van der Waals surface area contributed by atoms with Gasteiger partial charge in [0.25, 0.3) is 5.91 Å². The summed E-state index contributed by atoms with van der Waals surface area (Å²) in [5.74, 6) is -1.74. The Bertz CT molecular complexity index is 1090. The molecule has 0 fully saturated rings. The van der Waals surface area contributed by atoms with Crippen LogP contribution in [0.3, 0.4) is 0 Å². The van der Waals surface area contributed by atoms with Crippen LogP contribution in [0.5, 0.6) is 0 Å². The molecule has 3 rings (SSSR count). The van der Waals surface area contributed by atoms with E-state index in [4.69, 9.17) is 9.47 Å². The predicted molar refractivity (Wildman–Crippen MR) is 113 cm³/mol. The average Bonchev–Trinajstić information content (AvgIpc) is 3.31. The van der Waals surface area contributed by atoms with Gasteiger partial charge in [-0.2, -0.15) is 5.10 Å². The van der Waals surface area contributed by atoms with Crippen molar-refractivity contribution in [1.82, 2.24) is 15.1 Å². The van der Waals surface area contributed by atoms with Gasteiger partial charge in [-0.3, -0.25) is 9.59 Å². The highest BCUT2D eigenvalue weighted by atomic mass is 32.1. The third kappa shape index (κ3) is 5.66. The number of nitrogens with zero attached hydrogens (tertiary/aromatic N) is 2. The van der Waals surface area contributed by atoms with Crippen LogP contribution in [0.4, 0.5) is 4.39 Å². The Labute approximate surface area is 181 Å². The van der Waals surface area contributed by atoms with E-state index in [0.29, 0.717) is 29.3 Å². The summed E-state index contributed by atoms with van der Waals surface area (Å²) >= 11 is 1.18. The maximum Gasteiger partial charge on any atom is 0.348 e.